The molecule has 1 heterocycles. The van der Waals surface area contributed by atoms with Gasteiger partial charge in [-0.25, -0.2) is 0 Å². The van der Waals surface area contributed by atoms with Gasteiger partial charge in [0.15, 0.2) is 0 Å². The molecular weight excluding hydrogens is 252 g/mol. The van der Waals surface area contributed by atoms with Crippen molar-refractivity contribution in [3.05, 3.63) is 0 Å². The molecule has 1 aliphatic heterocycles. The Labute approximate surface area is 104 Å². The van der Waals surface area contributed by atoms with Gasteiger partial charge in [-0.2, -0.15) is 0 Å². The third kappa shape index (κ3) is 6.56. The van der Waals surface area contributed by atoms with Gasteiger partial charge in [0.2, 0.25) is 5.91 Å². The summed E-state index contributed by atoms with van der Waals surface area (Å²) in [7, 11) is 3.71. The summed E-state index contributed by atoms with van der Waals surface area (Å²) >= 11 is 5.65. The number of alkyl halides is 1. The molecule has 1 rings (SSSR count). The predicted octanol–water partition coefficient (Wildman–Crippen LogP) is 1.43. The number of amides is 1. The van der Waals surface area contributed by atoms with Gasteiger partial charge >= 0.3 is 0 Å². The van der Waals surface area contributed by atoms with E-state index in [1.165, 1.54) is 0 Å². The van der Waals surface area contributed by atoms with E-state index in [1.807, 2.05) is 21.6 Å². The molecule has 15 heavy (non-hydrogen) atoms. The molecule has 0 aromatic heterocycles. The van der Waals surface area contributed by atoms with Crippen LogP contribution in [-0.2, 0) is 4.79 Å². The highest BCUT2D eigenvalue weighted by Gasteiger charge is 2.11. The van der Waals surface area contributed by atoms with Crippen molar-refractivity contribution in [3.8, 4) is 0 Å². The number of hydrogen-bond acceptors (Lipinski definition) is 4. The van der Waals surface area contributed by atoms with E-state index in [1.54, 1.807) is 0 Å². The van der Waals surface area contributed by atoms with Crippen molar-refractivity contribution in [3.63, 3.8) is 0 Å². The lowest BCUT2D eigenvalue weighted by molar-refractivity contribution is -0.122. The van der Waals surface area contributed by atoms with Gasteiger partial charge in [-0.1, -0.05) is 21.6 Å². The lowest BCUT2D eigenvalue weighted by atomic mass is 10.4. The standard InChI is InChI=1S/C9H17ClN2OS2/c10-2-1-4-12-5-7-15-14-6-3-11-9(13)8-12/h1-8H2,(H,11,13). The number of nitrogens with zero attached hydrogens (tertiary/aromatic N) is 1. The fourth-order valence-corrected chi connectivity index (χ4v) is 3.38. The highest BCUT2D eigenvalue weighted by molar-refractivity contribution is 8.76. The first-order chi connectivity index (χ1) is 7.33. The average molecular weight is 269 g/mol. The van der Waals surface area contributed by atoms with E-state index in [9.17, 15) is 4.79 Å². The molecule has 1 aliphatic rings. The van der Waals surface area contributed by atoms with Gasteiger partial charge in [-0.05, 0) is 13.0 Å². The molecule has 0 aromatic rings. The van der Waals surface area contributed by atoms with E-state index in [4.69, 9.17) is 11.6 Å². The number of carbonyl (C=O) groups is 1. The second kappa shape index (κ2) is 8.56. The smallest absolute Gasteiger partial charge is 0.234 e. The first kappa shape index (κ1) is 13.5. The van der Waals surface area contributed by atoms with Crippen LogP contribution in [0.3, 0.4) is 0 Å². The minimum atomic E-state index is 0.136. The summed E-state index contributed by atoms with van der Waals surface area (Å²) in [5.74, 6) is 2.88. The summed E-state index contributed by atoms with van der Waals surface area (Å²) in [4.78, 5) is 13.6. The molecule has 3 nitrogen and oxygen atoms in total. The van der Waals surface area contributed by atoms with Crippen molar-refractivity contribution >= 4 is 39.1 Å². The van der Waals surface area contributed by atoms with Crippen LogP contribution in [0.15, 0.2) is 0 Å². The average Bonchev–Trinajstić information content (AvgIpc) is 2.24. The van der Waals surface area contributed by atoms with Gasteiger partial charge in [0.25, 0.3) is 0 Å². The largest absolute Gasteiger partial charge is 0.354 e. The Morgan fingerprint density at radius 2 is 2.20 bits per heavy atom. The SMILES string of the molecule is O=C1CN(CCCCl)CCSSCCN1. The van der Waals surface area contributed by atoms with Crippen molar-refractivity contribution in [2.45, 2.75) is 6.42 Å². The molecule has 0 radical (unpaired) electrons. The highest BCUT2D eigenvalue weighted by atomic mass is 35.5. The quantitative estimate of drug-likeness (QED) is 0.620. The lowest BCUT2D eigenvalue weighted by Crippen LogP contribution is -2.40. The highest BCUT2D eigenvalue weighted by Crippen LogP contribution is 2.20. The van der Waals surface area contributed by atoms with Crippen molar-refractivity contribution in [2.24, 2.45) is 0 Å². The first-order valence-corrected chi connectivity index (χ1v) is 8.14. The van der Waals surface area contributed by atoms with Crippen LogP contribution in [0.4, 0.5) is 0 Å². The fraction of sp³-hybridized carbons (Fsp3) is 0.889. The summed E-state index contributed by atoms with van der Waals surface area (Å²) in [6.07, 6.45) is 0.951. The van der Waals surface area contributed by atoms with Crippen molar-refractivity contribution in [2.75, 3.05) is 43.6 Å². The molecule has 0 spiro atoms. The Balaban J connectivity index is 2.32. The van der Waals surface area contributed by atoms with Gasteiger partial charge in [0.1, 0.15) is 0 Å². The predicted molar refractivity (Wildman–Crippen MR) is 69.7 cm³/mol. The van der Waals surface area contributed by atoms with E-state index in [-0.39, 0.29) is 5.91 Å². The molecule has 1 saturated heterocycles. The van der Waals surface area contributed by atoms with Crippen molar-refractivity contribution in [1.29, 1.82) is 0 Å². The Bertz CT molecular complexity index is 195. The normalized spacial score (nSPS) is 21.0. The number of rotatable bonds is 3. The van der Waals surface area contributed by atoms with Crippen LogP contribution in [0.2, 0.25) is 0 Å². The Kier molecular flexibility index (Phi) is 7.69. The molecule has 6 heteroatoms. The maximum atomic E-state index is 11.5. The van der Waals surface area contributed by atoms with Crippen LogP contribution in [0, 0.1) is 0 Å². The molecule has 0 aliphatic carbocycles. The minimum absolute atomic E-state index is 0.136. The second-order valence-corrected chi connectivity index (χ2v) is 6.39. The van der Waals surface area contributed by atoms with Crippen LogP contribution >= 0.6 is 33.2 Å². The third-order valence-corrected chi connectivity index (χ3v) is 4.71. The molecule has 0 bridgehead atoms. The van der Waals surface area contributed by atoms with E-state index in [0.717, 1.165) is 37.6 Å². The molecule has 1 amide bonds. The summed E-state index contributed by atoms with van der Waals surface area (Å²) in [5, 5.41) is 2.91. The molecule has 88 valence electrons. The van der Waals surface area contributed by atoms with E-state index in [2.05, 4.69) is 10.2 Å². The zero-order valence-corrected chi connectivity index (χ0v) is 11.1. The summed E-state index contributed by atoms with van der Waals surface area (Å²) in [6.45, 7) is 3.19. The number of hydrogen-bond donors (Lipinski definition) is 1. The molecule has 1 N–H and O–H groups in total. The second-order valence-electron chi connectivity index (χ2n) is 3.31. The minimum Gasteiger partial charge on any atom is -0.354 e. The Morgan fingerprint density at radius 1 is 1.40 bits per heavy atom. The van der Waals surface area contributed by atoms with Crippen LogP contribution in [0.5, 0.6) is 0 Å². The van der Waals surface area contributed by atoms with E-state index in [0.29, 0.717) is 12.4 Å². The lowest BCUT2D eigenvalue weighted by Gasteiger charge is -2.22. The van der Waals surface area contributed by atoms with Gasteiger partial charge in [-0.3, -0.25) is 9.69 Å². The number of halogens is 1. The van der Waals surface area contributed by atoms with Crippen LogP contribution in [0.1, 0.15) is 6.42 Å². The number of nitrogens with one attached hydrogen (secondary N) is 1. The van der Waals surface area contributed by atoms with Gasteiger partial charge < -0.3 is 5.32 Å². The topological polar surface area (TPSA) is 32.3 Å². The molecule has 0 unspecified atom stereocenters. The van der Waals surface area contributed by atoms with Gasteiger partial charge in [0.05, 0.1) is 6.54 Å². The Hall–Kier alpha value is 0.420. The molecular formula is C9H17ClN2OS2. The van der Waals surface area contributed by atoms with Gasteiger partial charge in [-0.15, -0.1) is 11.6 Å². The van der Waals surface area contributed by atoms with Crippen LogP contribution in [0.25, 0.3) is 0 Å². The molecule has 0 atom stereocenters. The zero-order valence-electron chi connectivity index (χ0n) is 8.71. The number of carbonyl (C=O) groups excluding carboxylic acids is 1. The molecule has 0 saturated carbocycles. The van der Waals surface area contributed by atoms with Crippen molar-refractivity contribution < 1.29 is 4.79 Å². The summed E-state index contributed by atoms with van der Waals surface area (Å²) < 4.78 is 0. The summed E-state index contributed by atoms with van der Waals surface area (Å²) in [6, 6.07) is 0. The van der Waals surface area contributed by atoms with Crippen LogP contribution in [-0.4, -0.2) is 54.4 Å². The van der Waals surface area contributed by atoms with Crippen LogP contribution < -0.4 is 5.32 Å². The van der Waals surface area contributed by atoms with Crippen molar-refractivity contribution in [1.82, 2.24) is 10.2 Å². The van der Waals surface area contributed by atoms with E-state index < -0.39 is 0 Å². The molecule has 0 aromatic carbocycles. The maximum Gasteiger partial charge on any atom is 0.234 e. The van der Waals surface area contributed by atoms with E-state index >= 15 is 0 Å². The fourth-order valence-electron chi connectivity index (χ4n) is 1.33. The summed E-state index contributed by atoms with van der Waals surface area (Å²) in [5.41, 5.74) is 0. The first-order valence-electron chi connectivity index (χ1n) is 5.12. The zero-order chi connectivity index (χ0) is 10.9. The monoisotopic (exact) mass is 268 g/mol. The molecule has 1 fully saturated rings. The Morgan fingerprint density at radius 3 is 3.00 bits per heavy atom. The van der Waals surface area contributed by atoms with Gasteiger partial charge in [0, 0.05) is 30.5 Å². The third-order valence-electron chi connectivity index (χ3n) is 2.06. The maximum absolute atomic E-state index is 11.5.